The van der Waals surface area contributed by atoms with Crippen LogP contribution in [-0.4, -0.2) is 6.61 Å². The molecule has 41 heavy (non-hydrogen) atoms. The number of para-hydroxylation sites is 1. The van der Waals surface area contributed by atoms with Crippen molar-refractivity contribution in [2.45, 2.75) is 17.6 Å². The van der Waals surface area contributed by atoms with Crippen molar-refractivity contribution in [2.75, 3.05) is 11.9 Å². The molecule has 7 rings (SSSR count). The standard InChI is InChI=1S/C37H29Cl2NO/c38-29-18-14-25(15-19-29)22-23-37-33-13-7-12-31(26-8-3-1-4-9-26)36(33)40-35(28-16-20-30(39)21-17-28)34(37)32(24-41-37)27-10-5-2-6-11-27/h1-23,32,34-35,40H,24H2/b23-22+/t32-,34+,35+,37-/m0/s1. The van der Waals surface area contributed by atoms with Gasteiger partial charge in [-0.2, -0.15) is 0 Å². The lowest BCUT2D eigenvalue weighted by Crippen LogP contribution is -2.43. The maximum atomic E-state index is 7.07. The molecule has 4 heteroatoms. The van der Waals surface area contributed by atoms with Gasteiger partial charge in [0.1, 0.15) is 5.60 Å². The molecule has 5 aromatic carbocycles. The summed E-state index contributed by atoms with van der Waals surface area (Å²) in [6.45, 7) is 0.612. The van der Waals surface area contributed by atoms with Gasteiger partial charge in [-0.15, -0.1) is 0 Å². The smallest absolute Gasteiger partial charge is 0.119 e. The lowest BCUT2D eigenvalue weighted by Gasteiger charge is -2.46. The van der Waals surface area contributed by atoms with Gasteiger partial charge in [0.2, 0.25) is 0 Å². The van der Waals surface area contributed by atoms with Gasteiger partial charge in [0.25, 0.3) is 0 Å². The van der Waals surface area contributed by atoms with Gasteiger partial charge in [-0.3, -0.25) is 0 Å². The Morgan fingerprint density at radius 3 is 2.05 bits per heavy atom. The number of nitrogens with one attached hydrogen (secondary N) is 1. The molecule has 0 aliphatic carbocycles. The normalized spacial score (nSPS) is 23.1. The Morgan fingerprint density at radius 1 is 0.683 bits per heavy atom. The van der Waals surface area contributed by atoms with Crippen LogP contribution < -0.4 is 5.32 Å². The number of anilines is 1. The van der Waals surface area contributed by atoms with E-state index < -0.39 is 5.60 Å². The summed E-state index contributed by atoms with van der Waals surface area (Å²) in [6.07, 6.45) is 4.46. The molecule has 202 valence electrons. The third-order valence-electron chi connectivity index (χ3n) is 8.51. The van der Waals surface area contributed by atoms with E-state index in [2.05, 4.69) is 108 Å². The van der Waals surface area contributed by atoms with E-state index in [1.165, 1.54) is 16.7 Å². The molecule has 0 bridgehead atoms. The highest BCUT2D eigenvalue weighted by Gasteiger charge is 2.57. The zero-order valence-electron chi connectivity index (χ0n) is 22.4. The van der Waals surface area contributed by atoms with Crippen molar-refractivity contribution < 1.29 is 4.74 Å². The van der Waals surface area contributed by atoms with E-state index >= 15 is 0 Å². The van der Waals surface area contributed by atoms with E-state index in [9.17, 15) is 0 Å². The van der Waals surface area contributed by atoms with Crippen LogP contribution in [0.15, 0.2) is 133 Å². The van der Waals surface area contributed by atoms with Gasteiger partial charge in [0.15, 0.2) is 0 Å². The first kappa shape index (κ1) is 26.1. The molecule has 0 spiro atoms. The predicted molar refractivity (Wildman–Crippen MR) is 170 cm³/mol. The zero-order valence-corrected chi connectivity index (χ0v) is 23.9. The van der Waals surface area contributed by atoms with Crippen LogP contribution in [0.4, 0.5) is 5.69 Å². The predicted octanol–water partition coefficient (Wildman–Crippen LogP) is 10.2. The van der Waals surface area contributed by atoms with Crippen molar-refractivity contribution in [2.24, 2.45) is 5.92 Å². The molecule has 1 N–H and O–H groups in total. The van der Waals surface area contributed by atoms with Crippen LogP contribution in [0.3, 0.4) is 0 Å². The van der Waals surface area contributed by atoms with Crippen molar-refractivity contribution in [1.29, 1.82) is 0 Å². The molecule has 0 saturated carbocycles. The number of halogens is 2. The number of fused-ring (bicyclic) bond motifs is 3. The number of benzene rings is 5. The van der Waals surface area contributed by atoms with Crippen molar-refractivity contribution in [3.63, 3.8) is 0 Å². The average molecular weight is 575 g/mol. The Balaban J connectivity index is 1.47. The molecule has 2 heterocycles. The molecule has 0 unspecified atom stereocenters. The van der Waals surface area contributed by atoms with E-state index in [0.29, 0.717) is 6.61 Å². The highest BCUT2D eigenvalue weighted by Crippen LogP contribution is 2.60. The fraction of sp³-hybridized carbons (Fsp3) is 0.135. The minimum atomic E-state index is -0.671. The van der Waals surface area contributed by atoms with Crippen LogP contribution in [0, 0.1) is 5.92 Å². The Morgan fingerprint density at radius 2 is 1.34 bits per heavy atom. The lowest BCUT2D eigenvalue weighted by molar-refractivity contribution is 0.00979. The lowest BCUT2D eigenvalue weighted by atomic mass is 9.66. The second-order valence-corrected chi connectivity index (χ2v) is 11.7. The van der Waals surface area contributed by atoms with Crippen molar-refractivity contribution in [1.82, 2.24) is 0 Å². The summed E-state index contributed by atoms with van der Waals surface area (Å²) in [4.78, 5) is 0. The first-order chi connectivity index (χ1) is 20.1. The molecule has 0 radical (unpaired) electrons. The van der Waals surface area contributed by atoms with Crippen LogP contribution in [0.1, 0.15) is 34.2 Å². The number of rotatable bonds is 5. The summed E-state index contributed by atoms with van der Waals surface area (Å²) in [6, 6.07) is 44.1. The number of hydrogen-bond acceptors (Lipinski definition) is 2. The van der Waals surface area contributed by atoms with E-state index in [0.717, 1.165) is 32.4 Å². The molecule has 0 amide bonds. The average Bonchev–Trinajstić information content (AvgIpc) is 3.42. The minimum Gasteiger partial charge on any atom is -0.377 e. The quantitative estimate of drug-likeness (QED) is 0.226. The van der Waals surface area contributed by atoms with Crippen molar-refractivity contribution in [3.8, 4) is 11.1 Å². The van der Waals surface area contributed by atoms with E-state index in [-0.39, 0.29) is 17.9 Å². The molecule has 4 atom stereocenters. The molecular formula is C37H29Cl2NO. The van der Waals surface area contributed by atoms with Crippen molar-refractivity contribution >= 4 is 35.0 Å². The third kappa shape index (κ3) is 4.77. The summed E-state index contributed by atoms with van der Waals surface area (Å²) in [7, 11) is 0. The minimum absolute atomic E-state index is 0.0211. The maximum absolute atomic E-state index is 7.07. The van der Waals surface area contributed by atoms with Gasteiger partial charge in [-0.25, -0.2) is 0 Å². The molecule has 2 aliphatic heterocycles. The van der Waals surface area contributed by atoms with Crippen LogP contribution >= 0.6 is 23.2 Å². The van der Waals surface area contributed by atoms with E-state index in [1.807, 2.05) is 36.4 Å². The molecule has 1 fully saturated rings. The zero-order chi connectivity index (χ0) is 27.8. The van der Waals surface area contributed by atoms with Gasteiger partial charge in [-0.1, -0.05) is 132 Å². The van der Waals surface area contributed by atoms with Gasteiger partial charge >= 0.3 is 0 Å². The van der Waals surface area contributed by atoms with Gasteiger partial charge < -0.3 is 10.1 Å². The highest BCUT2D eigenvalue weighted by molar-refractivity contribution is 6.30. The monoisotopic (exact) mass is 573 g/mol. The second kappa shape index (κ2) is 10.9. The first-order valence-corrected chi connectivity index (χ1v) is 14.7. The molecule has 5 aromatic rings. The van der Waals surface area contributed by atoms with Crippen LogP contribution in [0.2, 0.25) is 10.0 Å². The Labute approximate surface area is 251 Å². The second-order valence-electron chi connectivity index (χ2n) is 10.8. The van der Waals surface area contributed by atoms with Crippen LogP contribution in [0.5, 0.6) is 0 Å². The SMILES string of the molecule is Clc1ccc(/C=C/[C@@]23OC[C@@H](c4ccccc4)[C@@H]2[C@@H](c2ccc(Cl)cc2)Nc2c(-c4ccccc4)cccc23)cc1. The topological polar surface area (TPSA) is 21.3 Å². The number of hydrogen-bond donors (Lipinski definition) is 1. The first-order valence-electron chi connectivity index (χ1n) is 14.0. The van der Waals surface area contributed by atoms with Gasteiger partial charge in [0, 0.05) is 38.7 Å². The summed E-state index contributed by atoms with van der Waals surface area (Å²) in [5, 5.41) is 5.48. The summed E-state index contributed by atoms with van der Waals surface area (Å²) < 4.78 is 7.07. The molecule has 2 nitrogen and oxygen atoms in total. The summed E-state index contributed by atoms with van der Waals surface area (Å²) >= 11 is 12.6. The fourth-order valence-corrected chi connectivity index (χ4v) is 6.86. The van der Waals surface area contributed by atoms with Crippen LogP contribution in [-0.2, 0) is 10.3 Å². The Hall–Kier alpha value is -3.82. The molecule has 0 aromatic heterocycles. The molecular weight excluding hydrogens is 545 g/mol. The molecule has 2 aliphatic rings. The maximum Gasteiger partial charge on any atom is 0.119 e. The van der Waals surface area contributed by atoms with E-state index in [1.54, 1.807) is 0 Å². The van der Waals surface area contributed by atoms with Gasteiger partial charge in [0.05, 0.1) is 12.6 Å². The van der Waals surface area contributed by atoms with Crippen molar-refractivity contribution in [3.05, 3.63) is 166 Å². The number of ether oxygens (including phenoxy) is 1. The summed E-state index contributed by atoms with van der Waals surface area (Å²) in [5.41, 5.74) is 7.45. The van der Waals surface area contributed by atoms with Gasteiger partial charge in [-0.05, 0) is 52.6 Å². The third-order valence-corrected chi connectivity index (χ3v) is 9.01. The fourth-order valence-electron chi connectivity index (χ4n) is 6.61. The largest absolute Gasteiger partial charge is 0.377 e. The molecule has 1 saturated heterocycles. The highest BCUT2D eigenvalue weighted by atomic mass is 35.5. The van der Waals surface area contributed by atoms with E-state index in [4.69, 9.17) is 27.9 Å². The van der Waals surface area contributed by atoms with Crippen LogP contribution in [0.25, 0.3) is 17.2 Å². The Bertz CT molecular complexity index is 1680. The summed E-state index contributed by atoms with van der Waals surface area (Å²) in [5.74, 6) is 0.251. The Kier molecular flexibility index (Phi) is 6.92.